The highest BCUT2D eigenvalue weighted by Gasteiger charge is 2.25. The Morgan fingerprint density at radius 3 is 2.44 bits per heavy atom. The largest absolute Gasteiger partial charge is 0.378 e. The minimum Gasteiger partial charge on any atom is -0.378 e. The van der Waals surface area contributed by atoms with Gasteiger partial charge in [0, 0.05) is 31.2 Å². The minimum absolute atomic E-state index is 0.247. The third kappa shape index (κ3) is 4.83. The minimum atomic E-state index is -2.73. The van der Waals surface area contributed by atoms with Crippen molar-refractivity contribution < 1.29 is 13.5 Å². The molecule has 0 radical (unpaired) electrons. The van der Waals surface area contributed by atoms with Crippen molar-refractivity contribution in [1.29, 1.82) is 0 Å². The van der Waals surface area contributed by atoms with E-state index in [1.807, 2.05) is 6.07 Å². The lowest BCUT2D eigenvalue weighted by Gasteiger charge is -2.31. The number of morpholine rings is 1. The smallest absolute Gasteiger partial charge is 0.296 e. The number of nitrogens with zero attached hydrogens (tertiary/aromatic N) is 5. The zero-order valence-electron chi connectivity index (χ0n) is 19.4. The Balaban J connectivity index is 1.51. The van der Waals surface area contributed by atoms with Crippen LogP contribution in [0.5, 0.6) is 0 Å². The van der Waals surface area contributed by atoms with Gasteiger partial charge in [0.1, 0.15) is 11.6 Å². The quantitative estimate of drug-likeness (QED) is 0.541. The summed E-state index contributed by atoms with van der Waals surface area (Å²) in [6.07, 6.45) is 1.46. The van der Waals surface area contributed by atoms with Crippen LogP contribution in [0.15, 0.2) is 30.3 Å². The van der Waals surface area contributed by atoms with Gasteiger partial charge in [-0.2, -0.15) is 9.97 Å². The zero-order valence-corrected chi connectivity index (χ0v) is 19.4. The SMILES string of the molecule is CCNC1CCC(Nc2nc(N3CCOCC3)cc(-n3c(C(F)F)nc4ccccc43)n2)CC1. The first-order chi connectivity index (χ1) is 16.6. The molecule has 0 amide bonds. The van der Waals surface area contributed by atoms with E-state index in [0.717, 1.165) is 32.2 Å². The average Bonchev–Trinajstić information content (AvgIpc) is 3.26. The van der Waals surface area contributed by atoms with Gasteiger partial charge in [0.05, 0.1) is 24.2 Å². The fourth-order valence-corrected chi connectivity index (χ4v) is 4.90. The summed E-state index contributed by atoms with van der Waals surface area (Å²) in [5.41, 5.74) is 1.11. The number of hydrogen-bond acceptors (Lipinski definition) is 7. The maximum absolute atomic E-state index is 14.0. The molecule has 2 aromatic heterocycles. The van der Waals surface area contributed by atoms with E-state index < -0.39 is 6.43 Å². The van der Waals surface area contributed by atoms with Crippen LogP contribution in [0, 0.1) is 0 Å². The lowest BCUT2D eigenvalue weighted by atomic mass is 9.91. The molecular weight excluding hydrogens is 440 g/mol. The second-order valence-electron chi connectivity index (χ2n) is 8.85. The summed E-state index contributed by atoms with van der Waals surface area (Å²) in [4.78, 5) is 15.8. The number of aromatic nitrogens is 4. The van der Waals surface area contributed by atoms with E-state index in [1.165, 1.54) is 4.57 Å². The van der Waals surface area contributed by atoms with Crippen molar-refractivity contribution in [1.82, 2.24) is 24.8 Å². The molecule has 5 rings (SSSR count). The number of anilines is 2. The van der Waals surface area contributed by atoms with Crippen LogP contribution in [0.4, 0.5) is 20.5 Å². The van der Waals surface area contributed by atoms with E-state index in [0.29, 0.717) is 61.0 Å². The van der Waals surface area contributed by atoms with Crippen LogP contribution in [-0.2, 0) is 4.74 Å². The van der Waals surface area contributed by atoms with Crippen LogP contribution < -0.4 is 15.5 Å². The highest BCUT2D eigenvalue weighted by Crippen LogP contribution is 2.30. The second-order valence-corrected chi connectivity index (χ2v) is 8.85. The van der Waals surface area contributed by atoms with Gasteiger partial charge < -0.3 is 20.3 Å². The third-order valence-corrected chi connectivity index (χ3v) is 6.60. The normalized spacial score (nSPS) is 21.4. The fraction of sp³-hybridized carbons (Fsp3) is 0.542. The third-order valence-electron chi connectivity index (χ3n) is 6.60. The molecule has 0 spiro atoms. The van der Waals surface area contributed by atoms with E-state index in [-0.39, 0.29) is 11.9 Å². The molecule has 2 N–H and O–H groups in total. The molecule has 1 aliphatic carbocycles. The monoisotopic (exact) mass is 471 g/mol. The van der Waals surface area contributed by atoms with E-state index in [2.05, 4.69) is 27.4 Å². The summed E-state index contributed by atoms with van der Waals surface area (Å²) >= 11 is 0. The number of hydrogen-bond donors (Lipinski definition) is 2. The van der Waals surface area contributed by atoms with Crippen LogP contribution in [-0.4, -0.2) is 64.5 Å². The van der Waals surface area contributed by atoms with Crippen molar-refractivity contribution in [2.45, 2.75) is 51.1 Å². The number of imidazole rings is 1. The van der Waals surface area contributed by atoms with Crippen LogP contribution in [0.2, 0.25) is 0 Å². The van der Waals surface area contributed by atoms with Crippen molar-refractivity contribution in [2.75, 3.05) is 43.1 Å². The van der Waals surface area contributed by atoms with E-state index >= 15 is 0 Å². The van der Waals surface area contributed by atoms with Crippen LogP contribution >= 0.6 is 0 Å². The van der Waals surface area contributed by atoms with Crippen molar-refractivity contribution in [2.24, 2.45) is 0 Å². The Bertz CT molecular complexity index is 1110. The molecule has 34 heavy (non-hydrogen) atoms. The molecule has 182 valence electrons. The number of fused-ring (bicyclic) bond motifs is 1. The van der Waals surface area contributed by atoms with Crippen molar-refractivity contribution >= 4 is 22.8 Å². The molecular formula is C24H31F2N7O. The molecule has 10 heteroatoms. The summed E-state index contributed by atoms with van der Waals surface area (Å²) in [5.74, 6) is 1.24. The summed E-state index contributed by atoms with van der Waals surface area (Å²) in [6.45, 7) is 5.69. The van der Waals surface area contributed by atoms with Gasteiger partial charge in [-0.15, -0.1) is 0 Å². The molecule has 8 nitrogen and oxygen atoms in total. The summed E-state index contributed by atoms with van der Waals surface area (Å²) in [6, 6.07) is 9.72. The molecule has 0 atom stereocenters. The Hall–Kier alpha value is -2.85. The van der Waals surface area contributed by atoms with Crippen LogP contribution in [0.3, 0.4) is 0 Å². The van der Waals surface area contributed by atoms with Gasteiger partial charge in [0.25, 0.3) is 6.43 Å². The molecule has 1 saturated carbocycles. The zero-order chi connectivity index (χ0) is 23.5. The van der Waals surface area contributed by atoms with Crippen molar-refractivity contribution in [3.63, 3.8) is 0 Å². The van der Waals surface area contributed by atoms with Crippen molar-refractivity contribution in [3.05, 3.63) is 36.2 Å². The standard InChI is InChI=1S/C24H31F2N7O/c1-2-27-16-7-9-17(10-8-16)28-24-30-20(32-11-13-34-14-12-32)15-21(31-24)33-19-6-4-3-5-18(19)29-23(33)22(25)26/h3-6,15-17,22,27H,2,7-14H2,1H3,(H,28,30,31). The number of halogens is 2. The van der Waals surface area contributed by atoms with E-state index in [1.54, 1.807) is 24.3 Å². The Kier molecular flexibility index (Phi) is 6.87. The molecule has 3 heterocycles. The van der Waals surface area contributed by atoms with E-state index in [4.69, 9.17) is 14.7 Å². The predicted molar refractivity (Wildman–Crippen MR) is 128 cm³/mol. The number of alkyl halides is 2. The van der Waals surface area contributed by atoms with Gasteiger partial charge in [-0.3, -0.25) is 4.57 Å². The lowest BCUT2D eigenvalue weighted by molar-refractivity contribution is 0.122. The predicted octanol–water partition coefficient (Wildman–Crippen LogP) is 3.92. The van der Waals surface area contributed by atoms with Crippen LogP contribution in [0.1, 0.15) is 44.9 Å². The fourth-order valence-electron chi connectivity index (χ4n) is 4.90. The number of nitrogens with one attached hydrogen (secondary N) is 2. The first kappa shape index (κ1) is 22.9. The molecule has 0 bridgehead atoms. The Morgan fingerprint density at radius 2 is 1.71 bits per heavy atom. The van der Waals surface area contributed by atoms with Gasteiger partial charge in [0.15, 0.2) is 5.82 Å². The average molecular weight is 472 g/mol. The van der Waals surface area contributed by atoms with Gasteiger partial charge in [-0.25, -0.2) is 13.8 Å². The lowest BCUT2D eigenvalue weighted by Crippen LogP contribution is -2.38. The molecule has 1 aliphatic heterocycles. The number of para-hydroxylation sites is 2. The first-order valence-corrected chi connectivity index (χ1v) is 12.1. The van der Waals surface area contributed by atoms with E-state index in [9.17, 15) is 8.78 Å². The molecule has 0 unspecified atom stereocenters. The van der Waals surface area contributed by atoms with Crippen molar-refractivity contribution in [3.8, 4) is 5.82 Å². The number of rotatable bonds is 7. The highest BCUT2D eigenvalue weighted by molar-refractivity contribution is 5.78. The van der Waals surface area contributed by atoms with Gasteiger partial charge in [-0.1, -0.05) is 19.1 Å². The number of ether oxygens (including phenoxy) is 1. The molecule has 1 saturated heterocycles. The summed E-state index contributed by atoms with van der Waals surface area (Å²) in [5, 5.41) is 7.02. The topological polar surface area (TPSA) is 80.1 Å². The number of benzene rings is 1. The summed E-state index contributed by atoms with van der Waals surface area (Å²) < 4.78 is 35.0. The molecule has 2 fully saturated rings. The Morgan fingerprint density at radius 1 is 1.00 bits per heavy atom. The highest BCUT2D eigenvalue weighted by atomic mass is 19.3. The second kappa shape index (κ2) is 10.2. The van der Waals surface area contributed by atoms with Gasteiger partial charge in [0.2, 0.25) is 5.95 Å². The molecule has 2 aliphatic rings. The maximum atomic E-state index is 14.0. The van der Waals surface area contributed by atoms with Gasteiger partial charge in [-0.05, 0) is 44.4 Å². The molecule has 1 aromatic carbocycles. The summed E-state index contributed by atoms with van der Waals surface area (Å²) in [7, 11) is 0. The molecule has 3 aromatic rings. The first-order valence-electron chi connectivity index (χ1n) is 12.1. The van der Waals surface area contributed by atoms with Crippen LogP contribution in [0.25, 0.3) is 16.9 Å². The van der Waals surface area contributed by atoms with Gasteiger partial charge >= 0.3 is 0 Å². The maximum Gasteiger partial charge on any atom is 0.296 e. The Labute approximate surface area is 197 Å².